The number of nitrogens with zero attached hydrogens (tertiary/aromatic N) is 1. The maximum absolute atomic E-state index is 11.0. The molecule has 2 rings (SSSR count). The first-order chi connectivity index (χ1) is 8.91. The van der Waals surface area contributed by atoms with Crippen molar-refractivity contribution >= 4 is 27.6 Å². The van der Waals surface area contributed by atoms with Crippen molar-refractivity contribution in [2.24, 2.45) is 5.92 Å². The van der Waals surface area contributed by atoms with Crippen molar-refractivity contribution in [2.45, 2.75) is 38.6 Å². The van der Waals surface area contributed by atoms with Gasteiger partial charge in [0.25, 0.3) is 0 Å². The first kappa shape index (κ1) is 14.4. The van der Waals surface area contributed by atoms with Crippen molar-refractivity contribution in [3.63, 3.8) is 0 Å². The predicted octanol–water partition coefficient (Wildman–Crippen LogP) is 3.92. The number of piperidine rings is 1. The normalized spacial score (nSPS) is 22.3. The van der Waals surface area contributed by atoms with Gasteiger partial charge < -0.3 is 10.0 Å². The minimum atomic E-state index is -0.698. The number of hydrogen-bond acceptors (Lipinski definition) is 2. The number of halogens is 1. The molecule has 19 heavy (non-hydrogen) atoms. The summed E-state index contributed by atoms with van der Waals surface area (Å²) >= 11 is 3.45. The highest BCUT2D eigenvalue weighted by Crippen LogP contribution is 2.38. The van der Waals surface area contributed by atoms with Crippen molar-refractivity contribution in [1.82, 2.24) is 0 Å². The monoisotopic (exact) mass is 325 g/mol. The molecule has 1 aliphatic rings. The maximum atomic E-state index is 11.0. The predicted molar refractivity (Wildman–Crippen MR) is 80.5 cm³/mol. The summed E-state index contributed by atoms with van der Waals surface area (Å²) in [6.45, 7) is 5.30. The van der Waals surface area contributed by atoms with Crippen LogP contribution in [0.4, 0.5) is 5.69 Å². The number of hydrogen-bond donors (Lipinski definition) is 1. The van der Waals surface area contributed by atoms with Gasteiger partial charge >= 0.3 is 5.97 Å². The van der Waals surface area contributed by atoms with Gasteiger partial charge in [-0.3, -0.25) is 4.79 Å². The molecule has 3 nitrogen and oxygen atoms in total. The molecule has 1 heterocycles. The lowest BCUT2D eigenvalue weighted by atomic mass is 9.77. The van der Waals surface area contributed by atoms with Crippen LogP contribution in [0.1, 0.15) is 33.1 Å². The fourth-order valence-corrected chi connectivity index (χ4v) is 3.27. The lowest BCUT2D eigenvalue weighted by molar-refractivity contribution is -0.138. The Bertz CT molecular complexity index is 456. The Labute approximate surface area is 122 Å². The van der Waals surface area contributed by atoms with E-state index in [1.165, 1.54) is 5.69 Å². The molecule has 0 radical (unpaired) electrons. The molecule has 1 atom stereocenters. The summed E-state index contributed by atoms with van der Waals surface area (Å²) < 4.78 is 1.06. The van der Waals surface area contributed by atoms with E-state index in [1.807, 2.05) is 12.1 Å². The van der Waals surface area contributed by atoms with Crippen molar-refractivity contribution in [3.05, 3.63) is 28.7 Å². The molecule has 0 saturated carbocycles. The largest absolute Gasteiger partial charge is 0.481 e. The van der Waals surface area contributed by atoms with E-state index < -0.39 is 5.97 Å². The molecule has 4 heteroatoms. The van der Waals surface area contributed by atoms with Gasteiger partial charge in [-0.05, 0) is 56.9 Å². The zero-order chi connectivity index (χ0) is 14.0. The third-order valence-corrected chi connectivity index (χ3v) is 4.72. The van der Waals surface area contributed by atoms with Crippen LogP contribution in [-0.2, 0) is 4.79 Å². The fourth-order valence-electron chi connectivity index (χ4n) is 3.00. The van der Waals surface area contributed by atoms with Crippen molar-refractivity contribution in [2.75, 3.05) is 11.4 Å². The minimum absolute atomic E-state index is 0.121. The zero-order valence-electron chi connectivity index (χ0n) is 11.4. The molecule has 0 amide bonds. The summed E-state index contributed by atoms with van der Waals surface area (Å²) in [6, 6.07) is 8.25. The van der Waals surface area contributed by atoms with E-state index in [1.54, 1.807) is 0 Å². The highest BCUT2D eigenvalue weighted by molar-refractivity contribution is 9.10. The molecular weight excluding hydrogens is 306 g/mol. The van der Waals surface area contributed by atoms with Gasteiger partial charge in [-0.15, -0.1) is 0 Å². The van der Waals surface area contributed by atoms with Crippen LogP contribution in [0.15, 0.2) is 28.7 Å². The molecular formula is C15H20BrNO2. The van der Waals surface area contributed by atoms with E-state index in [0.29, 0.717) is 0 Å². The van der Waals surface area contributed by atoms with Gasteiger partial charge in [-0.1, -0.05) is 15.9 Å². The summed E-state index contributed by atoms with van der Waals surface area (Å²) in [4.78, 5) is 13.4. The van der Waals surface area contributed by atoms with Gasteiger partial charge in [0.2, 0.25) is 0 Å². The molecule has 1 aromatic rings. The van der Waals surface area contributed by atoms with E-state index in [9.17, 15) is 4.79 Å². The van der Waals surface area contributed by atoms with E-state index in [0.717, 1.165) is 23.9 Å². The van der Waals surface area contributed by atoms with Gasteiger partial charge in [0, 0.05) is 22.2 Å². The van der Waals surface area contributed by atoms with Crippen LogP contribution in [0.5, 0.6) is 0 Å². The van der Waals surface area contributed by atoms with Crippen LogP contribution in [-0.4, -0.2) is 23.2 Å². The maximum Gasteiger partial charge on any atom is 0.303 e. The smallest absolute Gasteiger partial charge is 0.303 e. The standard InChI is InChI=1S/C15H20BrNO2/c1-15(2)11(10-14(18)19)4-3-9-17(15)13-7-5-12(16)6-8-13/h5-8,11H,3-4,9-10H2,1-2H3,(H,18,19). The zero-order valence-corrected chi connectivity index (χ0v) is 13.0. The average Bonchev–Trinajstić information content (AvgIpc) is 2.33. The van der Waals surface area contributed by atoms with Crippen molar-refractivity contribution in [3.8, 4) is 0 Å². The number of carboxylic acids is 1. The summed E-state index contributed by atoms with van der Waals surface area (Å²) in [5.41, 5.74) is 1.05. The second-order valence-corrected chi connectivity index (χ2v) is 6.63. The van der Waals surface area contributed by atoms with Crippen LogP contribution in [0.2, 0.25) is 0 Å². The Hall–Kier alpha value is -1.03. The summed E-state index contributed by atoms with van der Waals surface area (Å²) in [7, 11) is 0. The third kappa shape index (κ3) is 3.11. The Morgan fingerprint density at radius 2 is 2.05 bits per heavy atom. The number of benzene rings is 1. The molecule has 1 aromatic carbocycles. The highest BCUT2D eigenvalue weighted by Gasteiger charge is 2.39. The van der Waals surface area contributed by atoms with Gasteiger partial charge in [0.05, 0.1) is 6.42 Å². The molecule has 1 N–H and O–H groups in total. The molecule has 0 aliphatic carbocycles. The average molecular weight is 326 g/mol. The number of anilines is 1. The van der Waals surface area contributed by atoms with Crippen LogP contribution in [0.25, 0.3) is 0 Å². The summed E-state index contributed by atoms with van der Waals surface area (Å²) in [5, 5.41) is 9.07. The lowest BCUT2D eigenvalue weighted by Gasteiger charge is -2.49. The SMILES string of the molecule is CC1(C)C(CC(=O)O)CCCN1c1ccc(Br)cc1. The van der Waals surface area contributed by atoms with E-state index >= 15 is 0 Å². The molecule has 104 valence electrons. The van der Waals surface area contributed by atoms with Gasteiger partial charge in [-0.25, -0.2) is 0 Å². The molecule has 0 bridgehead atoms. The molecule has 1 unspecified atom stereocenters. The quantitative estimate of drug-likeness (QED) is 0.915. The second-order valence-electron chi connectivity index (χ2n) is 5.72. The van der Waals surface area contributed by atoms with Gasteiger partial charge in [0.15, 0.2) is 0 Å². The van der Waals surface area contributed by atoms with Crippen LogP contribution >= 0.6 is 15.9 Å². The van der Waals surface area contributed by atoms with Crippen LogP contribution < -0.4 is 4.90 Å². The second kappa shape index (κ2) is 5.53. The highest BCUT2D eigenvalue weighted by atomic mass is 79.9. The van der Waals surface area contributed by atoms with Crippen LogP contribution in [0, 0.1) is 5.92 Å². The first-order valence-electron chi connectivity index (χ1n) is 6.66. The first-order valence-corrected chi connectivity index (χ1v) is 7.45. The molecule has 0 spiro atoms. The van der Waals surface area contributed by atoms with E-state index in [-0.39, 0.29) is 17.9 Å². The summed E-state index contributed by atoms with van der Waals surface area (Å²) in [5.74, 6) is -0.502. The number of aliphatic carboxylic acids is 1. The Kier molecular flexibility index (Phi) is 4.19. The molecule has 0 aromatic heterocycles. The number of rotatable bonds is 3. The topological polar surface area (TPSA) is 40.5 Å². The Balaban J connectivity index is 2.24. The minimum Gasteiger partial charge on any atom is -0.481 e. The van der Waals surface area contributed by atoms with Crippen molar-refractivity contribution < 1.29 is 9.90 Å². The van der Waals surface area contributed by atoms with Crippen LogP contribution in [0.3, 0.4) is 0 Å². The number of carbonyl (C=O) groups is 1. The van der Waals surface area contributed by atoms with Crippen molar-refractivity contribution in [1.29, 1.82) is 0 Å². The molecule has 1 fully saturated rings. The van der Waals surface area contributed by atoms with E-state index in [4.69, 9.17) is 5.11 Å². The van der Waals surface area contributed by atoms with Gasteiger partial charge in [-0.2, -0.15) is 0 Å². The lowest BCUT2D eigenvalue weighted by Crippen LogP contribution is -2.54. The third-order valence-electron chi connectivity index (χ3n) is 4.19. The van der Waals surface area contributed by atoms with E-state index in [2.05, 4.69) is 46.8 Å². The fraction of sp³-hybridized carbons (Fsp3) is 0.533. The molecule has 1 saturated heterocycles. The Morgan fingerprint density at radius 3 is 2.63 bits per heavy atom. The number of carboxylic acid groups (broad SMARTS) is 1. The van der Waals surface area contributed by atoms with Gasteiger partial charge in [0.1, 0.15) is 0 Å². The Morgan fingerprint density at radius 1 is 1.42 bits per heavy atom. The summed E-state index contributed by atoms with van der Waals surface area (Å²) in [6.07, 6.45) is 2.30. The molecule has 1 aliphatic heterocycles.